The van der Waals surface area contributed by atoms with Gasteiger partial charge in [-0.25, -0.2) is 0 Å². The van der Waals surface area contributed by atoms with Crippen molar-refractivity contribution in [3.63, 3.8) is 0 Å². The molecule has 0 bridgehead atoms. The van der Waals surface area contributed by atoms with E-state index >= 15 is 0 Å². The zero-order valence-electron chi connectivity index (χ0n) is 9.84. The van der Waals surface area contributed by atoms with Crippen LogP contribution in [0, 0.1) is 0 Å². The van der Waals surface area contributed by atoms with E-state index < -0.39 is 0 Å². The second kappa shape index (κ2) is 5.80. The molecule has 1 aromatic carbocycles. The summed E-state index contributed by atoms with van der Waals surface area (Å²) in [7, 11) is 0. The average Bonchev–Trinajstić information content (AvgIpc) is 2.38. The van der Waals surface area contributed by atoms with Gasteiger partial charge in [0.2, 0.25) is 5.91 Å². The van der Waals surface area contributed by atoms with Crippen LogP contribution in [0.4, 0.5) is 0 Å². The summed E-state index contributed by atoms with van der Waals surface area (Å²) in [6.07, 6.45) is 2.89. The van der Waals surface area contributed by atoms with Crippen LogP contribution in [-0.2, 0) is 16.2 Å². The van der Waals surface area contributed by atoms with Gasteiger partial charge in [0.05, 0.1) is 6.61 Å². The Morgan fingerprint density at radius 3 is 2.82 bits per heavy atom. The summed E-state index contributed by atoms with van der Waals surface area (Å²) in [5.41, 5.74) is 6.46. The third-order valence-corrected chi connectivity index (χ3v) is 3.02. The normalized spacial score (nSPS) is 21.3. The number of nitrogens with zero attached hydrogens (tertiary/aromatic N) is 1. The summed E-state index contributed by atoms with van der Waals surface area (Å²) >= 11 is 0. The molecule has 1 atom stereocenters. The van der Waals surface area contributed by atoms with Crippen molar-refractivity contribution < 1.29 is 9.63 Å². The van der Waals surface area contributed by atoms with Crippen molar-refractivity contribution >= 4 is 5.91 Å². The lowest BCUT2D eigenvalue weighted by Gasteiger charge is -2.32. The SMILES string of the molecule is NC(=O)[C@H]1CCCCN1OCc1ccccc1. The maximum absolute atomic E-state index is 11.3. The first kappa shape index (κ1) is 12.1. The first-order valence-electron chi connectivity index (χ1n) is 6.00. The second-order valence-electron chi connectivity index (χ2n) is 4.31. The molecule has 1 heterocycles. The van der Waals surface area contributed by atoms with Crippen molar-refractivity contribution in [2.45, 2.75) is 31.9 Å². The molecule has 0 aromatic heterocycles. The third-order valence-electron chi connectivity index (χ3n) is 3.02. The number of carbonyl (C=O) groups excluding carboxylic acids is 1. The van der Waals surface area contributed by atoms with E-state index in [1.54, 1.807) is 5.06 Å². The van der Waals surface area contributed by atoms with Gasteiger partial charge in [0.15, 0.2) is 0 Å². The minimum atomic E-state index is -0.294. The van der Waals surface area contributed by atoms with Gasteiger partial charge in [-0.2, -0.15) is 5.06 Å². The first-order chi connectivity index (χ1) is 8.27. The van der Waals surface area contributed by atoms with Gasteiger partial charge in [0.1, 0.15) is 6.04 Å². The van der Waals surface area contributed by atoms with Gasteiger partial charge in [0.25, 0.3) is 0 Å². The number of benzene rings is 1. The molecule has 0 aliphatic carbocycles. The van der Waals surface area contributed by atoms with Crippen LogP contribution in [0.25, 0.3) is 0 Å². The molecule has 0 spiro atoms. The average molecular weight is 234 g/mol. The summed E-state index contributed by atoms with van der Waals surface area (Å²) in [6, 6.07) is 9.65. The molecule has 2 rings (SSSR count). The lowest BCUT2D eigenvalue weighted by atomic mass is 10.0. The van der Waals surface area contributed by atoms with E-state index in [1.165, 1.54) is 0 Å². The molecule has 1 aliphatic heterocycles. The Balaban J connectivity index is 1.90. The number of nitrogens with two attached hydrogens (primary N) is 1. The topological polar surface area (TPSA) is 55.6 Å². The number of hydrogen-bond acceptors (Lipinski definition) is 3. The highest BCUT2D eigenvalue weighted by Crippen LogP contribution is 2.18. The molecule has 1 amide bonds. The van der Waals surface area contributed by atoms with Gasteiger partial charge in [-0.05, 0) is 24.8 Å². The molecule has 1 saturated heterocycles. The number of hydroxylamine groups is 2. The molecule has 17 heavy (non-hydrogen) atoms. The summed E-state index contributed by atoms with van der Waals surface area (Å²) in [5, 5.41) is 1.73. The van der Waals surface area contributed by atoms with Crippen LogP contribution in [-0.4, -0.2) is 23.6 Å². The number of amides is 1. The minimum absolute atomic E-state index is 0.271. The number of piperidine rings is 1. The van der Waals surface area contributed by atoms with Gasteiger partial charge in [0, 0.05) is 6.54 Å². The molecule has 1 aliphatic rings. The van der Waals surface area contributed by atoms with Crippen LogP contribution in [0.1, 0.15) is 24.8 Å². The Morgan fingerprint density at radius 1 is 1.35 bits per heavy atom. The largest absolute Gasteiger partial charge is 0.368 e. The van der Waals surface area contributed by atoms with Gasteiger partial charge < -0.3 is 5.73 Å². The highest BCUT2D eigenvalue weighted by Gasteiger charge is 2.27. The van der Waals surface area contributed by atoms with Crippen molar-refractivity contribution in [3.8, 4) is 0 Å². The van der Waals surface area contributed by atoms with Crippen LogP contribution in [0.5, 0.6) is 0 Å². The molecule has 1 fully saturated rings. The molecule has 0 saturated carbocycles. The van der Waals surface area contributed by atoms with Crippen molar-refractivity contribution in [2.75, 3.05) is 6.54 Å². The minimum Gasteiger partial charge on any atom is -0.368 e. The van der Waals surface area contributed by atoms with E-state index in [2.05, 4.69) is 0 Å². The molecule has 4 heteroatoms. The van der Waals surface area contributed by atoms with E-state index in [0.29, 0.717) is 6.61 Å². The Kier molecular flexibility index (Phi) is 4.12. The molecule has 2 N–H and O–H groups in total. The van der Waals surface area contributed by atoms with Crippen LogP contribution >= 0.6 is 0 Å². The van der Waals surface area contributed by atoms with Crippen LogP contribution in [0.15, 0.2) is 30.3 Å². The first-order valence-corrected chi connectivity index (χ1v) is 6.00. The van der Waals surface area contributed by atoms with Crippen molar-refractivity contribution in [3.05, 3.63) is 35.9 Å². The lowest BCUT2D eigenvalue weighted by molar-refractivity contribution is -0.206. The molecular formula is C13H18N2O2. The summed E-state index contributed by atoms with van der Waals surface area (Å²) < 4.78 is 0. The Bertz CT molecular complexity index is 367. The monoisotopic (exact) mass is 234 g/mol. The maximum Gasteiger partial charge on any atom is 0.237 e. The number of rotatable bonds is 4. The fourth-order valence-electron chi connectivity index (χ4n) is 2.08. The number of carbonyl (C=O) groups is 1. The predicted octanol–water partition coefficient (Wildman–Crippen LogP) is 1.46. The zero-order chi connectivity index (χ0) is 12.1. The Hall–Kier alpha value is -1.39. The van der Waals surface area contributed by atoms with Crippen molar-refractivity contribution in [1.29, 1.82) is 0 Å². The van der Waals surface area contributed by atoms with E-state index in [0.717, 1.165) is 31.4 Å². The van der Waals surface area contributed by atoms with E-state index in [4.69, 9.17) is 10.6 Å². The van der Waals surface area contributed by atoms with Gasteiger partial charge in [-0.1, -0.05) is 30.3 Å². The second-order valence-corrected chi connectivity index (χ2v) is 4.31. The fraction of sp³-hybridized carbons (Fsp3) is 0.462. The smallest absolute Gasteiger partial charge is 0.237 e. The van der Waals surface area contributed by atoms with Crippen LogP contribution in [0.3, 0.4) is 0 Å². The number of primary amides is 1. The molecule has 0 unspecified atom stereocenters. The van der Waals surface area contributed by atoms with Crippen molar-refractivity contribution in [1.82, 2.24) is 5.06 Å². The van der Waals surface area contributed by atoms with Crippen LogP contribution in [0.2, 0.25) is 0 Å². The van der Waals surface area contributed by atoms with Gasteiger partial charge in [-0.3, -0.25) is 9.63 Å². The van der Waals surface area contributed by atoms with Crippen molar-refractivity contribution in [2.24, 2.45) is 5.73 Å². The zero-order valence-corrected chi connectivity index (χ0v) is 9.84. The number of hydrogen-bond donors (Lipinski definition) is 1. The van der Waals surface area contributed by atoms with E-state index in [-0.39, 0.29) is 11.9 Å². The summed E-state index contributed by atoms with van der Waals surface area (Å²) in [4.78, 5) is 17.0. The molecule has 4 nitrogen and oxygen atoms in total. The fourth-order valence-corrected chi connectivity index (χ4v) is 2.08. The Morgan fingerprint density at radius 2 is 2.12 bits per heavy atom. The lowest BCUT2D eigenvalue weighted by Crippen LogP contribution is -2.47. The maximum atomic E-state index is 11.3. The quantitative estimate of drug-likeness (QED) is 0.858. The standard InChI is InChI=1S/C13H18N2O2/c14-13(16)12-8-4-5-9-15(12)17-10-11-6-2-1-3-7-11/h1-3,6-7,12H,4-5,8-10H2,(H2,14,16)/t12-/m1/s1. The molecule has 1 aromatic rings. The van der Waals surface area contributed by atoms with Gasteiger partial charge in [-0.15, -0.1) is 0 Å². The molecular weight excluding hydrogens is 216 g/mol. The predicted molar refractivity (Wildman–Crippen MR) is 64.8 cm³/mol. The summed E-state index contributed by atoms with van der Waals surface area (Å²) in [5.74, 6) is -0.294. The highest BCUT2D eigenvalue weighted by atomic mass is 16.7. The highest BCUT2D eigenvalue weighted by molar-refractivity contribution is 5.79. The molecule has 0 radical (unpaired) electrons. The third kappa shape index (κ3) is 3.28. The molecule has 92 valence electrons. The van der Waals surface area contributed by atoms with Crippen LogP contribution < -0.4 is 5.73 Å². The van der Waals surface area contributed by atoms with E-state index in [9.17, 15) is 4.79 Å². The summed E-state index contributed by atoms with van der Waals surface area (Å²) in [6.45, 7) is 1.27. The Labute approximate surface area is 101 Å². The van der Waals surface area contributed by atoms with Gasteiger partial charge >= 0.3 is 0 Å². The van der Waals surface area contributed by atoms with E-state index in [1.807, 2.05) is 30.3 Å².